The van der Waals surface area contributed by atoms with Gasteiger partial charge in [-0.25, -0.2) is 5.43 Å². The molecule has 4 rings (SSSR count). The van der Waals surface area contributed by atoms with E-state index in [1.807, 2.05) is 24.5 Å². The highest BCUT2D eigenvalue weighted by Crippen LogP contribution is 2.35. The summed E-state index contributed by atoms with van der Waals surface area (Å²) in [6, 6.07) is 8.44. The molecular formula is C18H22N4O2. The Bertz CT molecular complexity index is 722. The number of aryl methyl sites for hydroxylation is 1. The number of nitrogens with one attached hydrogen (secondary N) is 3. The minimum absolute atomic E-state index is 0.227. The summed E-state index contributed by atoms with van der Waals surface area (Å²) in [5.74, 6) is 2.09. The van der Waals surface area contributed by atoms with Crippen LogP contribution in [0.3, 0.4) is 0 Å². The van der Waals surface area contributed by atoms with Gasteiger partial charge in [-0.15, -0.1) is 0 Å². The van der Waals surface area contributed by atoms with Crippen LogP contribution in [0.4, 0.5) is 5.69 Å². The quantitative estimate of drug-likeness (QED) is 0.799. The van der Waals surface area contributed by atoms with Gasteiger partial charge in [0.15, 0.2) is 11.5 Å². The Morgan fingerprint density at radius 2 is 2.08 bits per heavy atom. The van der Waals surface area contributed by atoms with Crippen molar-refractivity contribution < 1.29 is 9.47 Å². The van der Waals surface area contributed by atoms with Gasteiger partial charge in [-0.05, 0) is 36.2 Å². The van der Waals surface area contributed by atoms with Crippen LogP contribution < -0.4 is 25.6 Å². The highest BCUT2D eigenvalue weighted by Gasteiger charge is 2.29. The molecule has 3 N–H and O–H groups in total. The molecular weight excluding hydrogens is 304 g/mol. The van der Waals surface area contributed by atoms with Gasteiger partial charge in [0.2, 0.25) is 0 Å². The molecule has 1 aromatic carbocycles. The number of nitrogens with zero attached hydrogens (tertiary/aromatic N) is 1. The van der Waals surface area contributed by atoms with Crippen molar-refractivity contribution in [1.82, 2.24) is 15.8 Å². The summed E-state index contributed by atoms with van der Waals surface area (Å²) < 4.78 is 11.3. The van der Waals surface area contributed by atoms with Gasteiger partial charge in [-0.3, -0.25) is 10.4 Å². The number of hydrogen-bond acceptors (Lipinski definition) is 6. The number of pyridine rings is 1. The van der Waals surface area contributed by atoms with Crippen LogP contribution in [0.2, 0.25) is 0 Å². The van der Waals surface area contributed by atoms with Crippen LogP contribution in [0, 0.1) is 12.8 Å². The van der Waals surface area contributed by atoms with E-state index in [-0.39, 0.29) is 6.04 Å². The first-order chi connectivity index (χ1) is 11.8. The van der Waals surface area contributed by atoms with Gasteiger partial charge in [0.05, 0.1) is 17.9 Å². The third-order valence-corrected chi connectivity index (χ3v) is 4.61. The molecule has 126 valence electrons. The van der Waals surface area contributed by atoms with Crippen molar-refractivity contribution in [3.63, 3.8) is 0 Å². The molecule has 2 aromatic rings. The minimum Gasteiger partial charge on any atom is -0.486 e. The van der Waals surface area contributed by atoms with Crippen molar-refractivity contribution in [1.29, 1.82) is 0 Å². The molecule has 3 heterocycles. The molecule has 2 atom stereocenters. The van der Waals surface area contributed by atoms with Crippen LogP contribution in [0.15, 0.2) is 36.7 Å². The zero-order chi connectivity index (χ0) is 16.4. The van der Waals surface area contributed by atoms with Crippen LogP contribution in [0.1, 0.15) is 17.2 Å². The number of rotatable bonds is 4. The Hall–Kier alpha value is -2.31. The van der Waals surface area contributed by atoms with Crippen molar-refractivity contribution >= 4 is 5.69 Å². The molecule has 0 radical (unpaired) electrons. The fourth-order valence-electron chi connectivity index (χ4n) is 3.22. The van der Waals surface area contributed by atoms with E-state index in [4.69, 9.17) is 9.47 Å². The zero-order valence-electron chi connectivity index (χ0n) is 13.7. The Kier molecular flexibility index (Phi) is 4.23. The second kappa shape index (κ2) is 6.67. The summed E-state index contributed by atoms with van der Waals surface area (Å²) in [5.41, 5.74) is 10.2. The molecule has 6 heteroatoms. The molecule has 0 aliphatic carbocycles. The molecule has 0 spiro atoms. The lowest BCUT2D eigenvalue weighted by molar-refractivity contribution is 0.171. The monoisotopic (exact) mass is 326 g/mol. The molecule has 1 saturated heterocycles. The van der Waals surface area contributed by atoms with Crippen molar-refractivity contribution in [2.24, 2.45) is 5.92 Å². The average molecular weight is 326 g/mol. The minimum atomic E-state index is 0.227. The van der Waals surface area contributed by atoms with Gasteiger partial charge in [0, 0.05) is 25.2 Å². The van der Waals surface area contributed by atoms with Crippen LogP contribution in [-0.2, 0) is 0 Å². The average Bonchev–Trinajstić information content (AvgIpc) is 3.09. The maximum absolute atomic E-state index is 5.71. The fourth-order valence-corrected chi connectivity index (χ4v) is 3.22. The van der Waals surface area contributed by atoms with Crippen molar-refractivity contribution in [3.8, 4) is 11.5 Å². The van der Waals surface area contributed by atoms with E-state index >= 15 is 0 Å². The van der Waals surface area contributed by atoms with Crippen LogP contribution in [0.25, 0.3) is 0 Å². The molecule has 2 aliphatic rings. The third-order valence-electron chi connectivity index (χ3n) is 4.61. The number of fused-ring (bicyclic) bond motifs is 1. The summed E-state index contributed by atoms with van der Waals surface area (Å²) in [6.07, 6.45) is 3.70. The van der Waals surface area contributed by atoms with Gasteiger partial charge >= 0.3 is 0 Å². The molecule has 2 unspecified atom stereocenters. The third kappa shape index (κ3) is 3.02. The SMILES string of the molecule is Cc1ccncc1NCC1CNNC1c1ccc2c(c1)OCCO2. The van der Waals surface area contributed by atoms with Crippen molar-refractivity contribution in [2.45, 2.75) is 13.0 Å². The van der Waals surface area contributed by atoms with E-state index in [9.17, 15) is 0 Å². The standard InChI is InChI=1S/C18H22N4O2/c1-12-4-5-19-11-15(12)20-9-14-10-21-22-18(14)13-2-3-16-17(8-13)24-7-6-23-16/h2-5,8,11,14,18,20-22H,6-7,9-10H2,1H3. The predicted molar refractivity (Wildman–Crippen MR) is 92.3 cm³/mol. The van der Waals surface area contributed by atoms with Gasteiger partial charge in [0.25, 0.3) is 0 Å². The smallest absolute Gasteiger partial charge is 0.161 e. The number of anilines is 1. The number of aromatic nitrogens is 1. The molecule has 1 fully saturated rings. The summed E-state index contributed by atoms with van der Waals surface area (Å²) in [7, 11) is 0. The zero-order valence-corrected chi connectivity index (χ0v) is 13.7. The predicted octanol–water partition coefficient (Wildman–Crippen LogP) is 2.04. The van der Waals surface area contributed by atoms with E-state index in [0.29, 0.717) is 19.1 Å². The van der Waals surface area contributed by atoms with Crippen molar-refractivity contribution in [2.75, 3.05) is 31.6 Å². The number of hydrazine groups is 1. The van der Waals surface area contributed by atoms with Crippen LogP contribution >= 0.6 is 0 Å². The van der Waals surface area contributed by atoms with Gasteiger partial charge in [-0.2, -0.15) is 0 Å². The highest BCUT2D eigenvalue weighted by atomic mass is 16.6. The first-order valence-corrected chi connectivity index (χ1v) is 8.34. The lowest BCUT2D eigenvalue weighted by atomic mass is 9.94. The van der Waals surface area contributed by atoms with Gasteiger partial charge in [-0.1, -0.05) is 6.07 Å². The second-order valence-corrected chi connectivity index (χ2v) is 6.24. The van der Waals surface area contributed by atoms with Crippen LogP contribution in [0.5, 0.6) is 11.5 Å². The molecule has 6 nitrogen and oxygen atoms in total. The maximum Gasteiger partial charge on any atom is 0.161 e. The molecule has 24 heavy (non-hydrogen) atoms. The maximum atomic E-state index is 5.71. The van der Waals surface area contributed by atoms with E-state index in [1.54, 1.807) is 0 Å². The Balaban J connectivity index is 1.47. The lowest BCUT2D eigenvalue weighted by Crippen LogP contribution is -2.26. The summed E-state index contributed by atoms with van der Waals surface area (Å²) >= 11 is 0. The molecule has 0 bridgehead atoms. The second-order valence-electron chi connectivity index (χ2n) is 6.24. The molecule has 0 saturated carbocycles. The van der Waals surface area contributed by atoms with Crippen molar-refractivity contribution in [3.05, 3.63) is 47.8 Å². The highest BCUT2D eigenvalue weighted by molar-refractivity contribution is 5.48. The fraction of sp³-hybridized carbons (Fsp3) is 0.389. The van der Waals surface area contributed by atoms with E-state index in [1.165, 1.54) is 11.1 Å². The van der Waals surface area contributed by atoms with E-state index < -0.39 is 0 Å². The van der Waals surface area contributed by atoms with E-state index in [0.717, 1.165) is 30.3 Å². The van der Waals surface area contributed by atoms with Crippen LogP contribution in [-0.4, -0.2) is 31.3 Å². The summed E-state index contributed by atoms with van der Waals surface area (Å²) in [5, 5.41) is 3.52. The normalized spacial score (nSPS) is 22.4. The Morgan fingerprint density at radius 3 is 2.96 bits per heavy atom. The molecule has 1 aromatic heterocycles. The first-order valence-electron chi connectivity index (χ1n) is 8.34. The molecule has 2 aliphatic heterocycles. The van der Waals surface area contributed by atoms with Gasteiger partial charge in [0.1, 0.15) is 13.2 Å². The summed E-state index contributed by atoms with van der Waals surface area (Å²) in [4.78, 5) is 4.19. The van der Waals surface area contributed by atoms with E-state index in [2.05, 4.69) is 40.2 Å². The first kappa shape index (κ1) is 15.2. The summed E-state index contributed by atoms with van der Waals surface area (Å²) in [6.45, 7) is 5.09. The largest absolute Gasteiger partial charge is 0.486 e. The number of ether oxygens (including phenoxy) is 2. The van der Waals surface area contributed by atoms with Gasteiger partial charge < -0.3 is 14.8 Å². The topological polar surface area (TPSA) is 67.4 Å². The lowest BCUT2D eigenvalue weighted by Gasteiger charge is -2.23. The Labute approximate surface area is 141 Å². The number of hydrogen-bond donors (Lipinski definition) is 3. The number of benzene rings is 1. The molecule has 0 amide bonds. The Morgan fingerprint density at radius 1 is 1.21 bits per heavy atom.